The molecule has 112 valence electrons. The molecule has 7 heteroatoms. The van der Waals surface area contributed by atoms with Gasteiger partial charge in [0.25, 0.3) is 0 Å². The SMILES string of the molecule is OCc1cccc(Cl)c1N1CCN(CC(F)(F)F)CC1. The lowest BCUT2D eigenvalue weighted by molar-refractivity contribution is -0.146. The Bertz CT molecular complexity index is 459. The molecule has 0 aromatic heterocycles. The summed E-state index contributed by atoms with van der Waals surface area (Å²) < 4.78 is 37.0. The van der Waals surface area contributed by atoms with E-state index in [9.17, 15) is 18.3 Å². The minimum atomic E-state index is -4.16. The number of rotatable bonds is 3. The summed E-state index contributed by atoms with van der Waals surface area (Å²) in [5, 5.41) is 9.85. The molecule has 1 aliphatic heterocycles. The van der Waals surface area contributed by atoms with Crippen LogP contribution in [-0.2, 0) is 6.61 Å². The second-order valence-corrected chi connectivity index (χ2v) is 5.19. The van der Waals surface area contributed by atoms with Gasteiger partial charge in [-0.3, -0.25) is 4.90 Å². The maximum atomic E-state index is 12.3. The minimum absolute atomic E-state index is 0.140. The fourth-order valence-electron chi connectivity index (χ4n) is 2.42. The van der Waals surface area contributed by atoms with Gasteiger partial charge in [0.15, 0.2) is 0 Å². The molecule has 0 spiro atoms. The number of para-hydroxylation sites is 1. The van der Waals surface area contributed by atoms with E-state index in [-0.39, 0.29) is 6.61 Å². The van der Waals surface area contributed by atoms with Gasteiger partial charge in [0.2, 0.25) is 0 Å². The van der Waals surface area contributed by atoms with Crippen LogP contribution in [0.4, 0.5) is 18.9 Å². The number of alkyl halides is 3. The van der Waals surface area contributed by atoms with Crippen molar-refractivity contribution in [3.05, 3.63) is 28.8 Å². The zero-order valence-corrected chi connectivity index (χ0v) is 11.6. The Morgan fingerprint density at radius 1 is 1.15 bits per heavy atom. The number of halogens is 4. The molecule has 1 saturated heterocycles. The van der Waals surface area contributed by atoms with Gasteiger partial charge in [-0.1, -0.05) is 23.7 Å². The van der Waals surface area contributed by atoms with Crippen LogP contribution in [-0.4, -0.2) is 48.9 Å². The lowest BCUT2D eigenvalue weighted by atomic mass is 10.1. The number of anilines is 1. The normalized spacial score (nSPS) is 17.6. The molecule has 20 heavy (non-hydrogen) atoms. The van der Waals surface area contributed by atoms with Crippen LogP contribution in [0.3, 0.4) is 0 Å². The highest BCUT2D eigenvalue weighted by Gasteiger charge is 2.32. The van der Waals surface area contributed by atoms with E-state index in [2.05, 4.69) is 0 Å². The number of aliphatic hydroxyl groups is 1. The first-order chi connectivity index (χ1) is 9.40. The average molecular weight is 309 g/mol. The smallest absolute Gasteiger partial charge is 0.392 e. The van der Waals surface area contributed by atoms with Crippen LogP contribution >= 0.6 is 11.6 Å². The molecule has 1 heterocycles. The number of hydrogen-bond acceptors (Lipinski definition) is 3. The van der Waals surface area contributed by atoms with Crippen LogP contribution in [0.1, 0.15) is 5.56 Å². The summed E-state index contributed by atoms with van der Waals surface area (Å²) in [4.78, 5) is 3.31. The highest BCUT2D eigenvalue weighted by atomic mass is 35.5. The Balaban J connectivity index is 2.04. The van der Waals surface area contributed by atoms with Crippen molar-refractivity contribution in [1.29, 1.82) is 0 Å². The van der Waals surface area contributed by atoms with Crippen molar-refractivity contribution in [1.82, 2.24) is 4.90 Å². The predicted molar refractivity (Wildman–Crippen MR) is 72.1 cm³/mol. The molecule has 1 aromatic rings. The van der Waals surface area contributed by atoms with Gasteiger partial charge >= 0.3 is 6.18 Å². The summed E-state index contributed by atoms with van der Waals surface area (Å²) >= 11 is 6.14. The highest BCUT2D eigenvalue weighted by molar-refractivity contribution is 6.33. The van der Waals surface area contributed by atoms with Crippen molar-refractivity contribution in [3.63, 3.8) is 0 Å². The van der Waals surface area contributed by atoms with E-state index in [1.807, 2.05) is 4.90 Å². The van der Waals surface area contributed by atoms with Gasteiger partial charge in [-0.15, -0.1) is 0 Å². The molecule has 1 fully saturated rings. The van der Waals surface area contributed by atoms with Crippen LogP contribution in [0.15, 0.2) is 18.2 Å². The maximum absolute atomic E-state index is 12.3. The van der Waals surface area contributed by atoms with Gasteiger partial charge in [0, 0.05) is 31.7 Å². The van der Waals surface area contributed by atoms with E-state index in [4.69, 9.17) is 11.6 Å². The number of benzene rings is 1. The third-order valence-electron chi connectivity index (χ3n) is 3.33. The van der Waals surface area contributed by atoms with E-state index in [1.165, 1.54) is 4.90 Å². The monoisotopic (exact) mass is 308 g/mol. The molecular weight excluding hydrogens is 293 g/mol. The zero-order valence-electron chi connectivity index (χ0n) is 10.8. The quantitative estimate of drug-likeness (QED) is 0.929. The molecule has 0 saturated carbocycles. The summed E-state index contributed by atoms with van der Waals surface area (Å²) in [5.74, 6) is 0. The van der Waals surface area contributed by atoms with Gasteiger partial charge in [-0.2, -0.15) is 13.2 Å². The summed E-state index contributed by atoms with van der Waals surface area (Å²) in [6, 6.07) is 5.23. The van der Waals surface area contributed by atoms with Gasteiger partial charge in [-0.05, 0) is 6.07 Å². The maximum Gasteiger partial charge on any atom is 0.401 e. The van der Waals surface area contributed by atoms with Crippen molar-refractivity contribution in [2.75, 3.05) is 37.6 Å². The summed E-state index contributed by atoms with van der Waals surface area (Å²) in [6.07, 6.45) is -4.16. The fraction of sp³-hybridized carbons (Fsp3) is 0.538. The molecule has 1 aliphatic rings. The molecular formula is C13H16ClF3N2O. The molecule has 2 rings (SSSR count). The third kappa shape index (κ3) is 3.77. The zero-order chi connectivity index (χ0) is 14.8. The Morgan fingerprint density at radius 2 is 1.80 bits per heavy atom. The van der Waals surface area contributed by atoms with Crippen molar-refractivity contribution in [3.8, 4) is 0 Å². The van der Waals surface area contributed by atoms with Crippen LogP contribution in [0.5, 0.6) is 0 Å². The number of nitrogens with zero attached hydrogens (tertiary/aromatic N) is 2. The third-order valence-corrected chi connectivity index (χ3v) is 3.64. The Labute approximate surface area is 120 Å². The van der Waals surface area contributed by atoms with E-state index in [0.717, 1.165) is 5.69 Å². The van der Waals surface area contributed by atoms with E-state index < -0.39 is 12.7 Å². The van der Waals surface area contributed by atoms with E-state index in [1.54, 1.807) is 18.2 Å². The molecule has 0 radical (unpaired) electrons. The van der Waals surface area contributed by atoms with Gasteiger partial charge in [-0.25, -0.2) is 0 Å². The molecule has 0 atom stereocenters. The van der Waals surface area contributed by atoms with Crippen molar-refractivity contribution < 1.29 is 18.3 Å². The molecule has 1 aromatic carbocycles. The van der Waals surface area contributed by atoms with Gasteiger partial charge < -0.3 is 10.0 Å². The topological polar surface area (TPSA) is 26.7 Å². The molecule has 0 aliphatic carbocycles. The number of aliphatic hydroxyl groups excluding tert-OH is 1. The molecule has 3 nitrogen and oxygen atoms in total. The lowest BCUT2D eigenvalue weighted by Crippen LogP contribution is -2.49. The average Bonchev–Trinajstić information content (AvgIpc) is 2.38. The summed E-state index contributed by atoms with van der Waals surface area (Å²) in [5.41, 5.74) is 1.42. The van der Waals surface area contributed by atoms with Crippen LogP contribution in [0.25, 0.3) is 0 Å². The molecule has 0 unspecified atom stereocenters. The van der Waals surface area contributed by atoms with Crippen LogP contribution in [0, 0.1) is 0 Å². The van der Waals surface area contributed by atoms with Crippen molar-refractivity contribution >= 4 is 17.3 Å². The summed E-state index contributed by atoms with van der Waals surface area (Å²) in [6.45, 7) is 0.569. The largest absolute Gasteiger partial charge is 0.401 e. The second-order valence-electron chi connectivity index (χ2n) is 4.78. The first-order valence-electron chi connectivity index (χ1n) is 6.33. The molecule has 0 bridgehead atoms. The lowest BCUT2D eigenvalue weighted by Gasteiger charge is -2.37. The van der Waals surface area contributed by atoms with E-state index in [0.29, 0.717) is 36.8 Å². The van der Waals surface area contributed by atoms with E-state index >= 15 is 0 Å². The van der Waals surface area contributed by atoms with Gasteiger partial charge in [0.05, 0.1) is 23.9 Å². The first kappa shape index (κ1) is 15.4. The van der Waals surface area contributed by atoms with Crippen molar-refractivity contribution in [2.24, 2.45) is 0 Å². The molecule has 1 N–H and O–H groups in total. The van der Waals surface area contributed by atoms with Crippen LogP contribution in [0.2, 0.25) is 5.02 Å². The fourth-order valence-corrected chi connectivity index (χ4v) is 2.74. The molecule has 0 amide bonds. The minimum Gasteiger partial charge on any atom is -0.392 e. The van der Waals surface area contributed by atoms with Crippen LogP contribution < -0.4 is 4.90 Å². The summed E-state index contributed by atoms with van der Waals surface area (Å²) in [7, 11) is 0. The Hall–Kier alpha value is -0.980. The first-order valence-corrected chi connectivity index (χ1v) is 6.71. The number of hydrogen-bond donors (Lipinski definition) is 1. The number of piperazine rings is 1. The van der Waals surface area contributed by atoms with Crippen molar-refractivity contribution in [2.45, 2.75) is 12.8 Å². The standard InChI is InChI=1S/C13H16ClF3N2O/c14-11-3-1-2-10(8-20)12(11)19-6-4-18(5-7-19)9-13(15,16)17/h1-3,20H,4-9H2. The highest BCUT2D eigenvalue weighted by Crippen LogP contribution is 2.31. The van der Waals surface area contributed by atoms with Gasteiger partial charge in [0.1, 0.15) is 0 Å². The predicted octanol–water partition coefficient (Wildman–Crippen LogP) is 2.52. The Morgan fingerprint density at radius 3 is 2.35 bits per heavy atom. The second kappa shape index (κ2) is 6.20. The Kier molecular flexibility index (Phi) is 4.78.